The zero-order chi connectivity index (χ0) is 15.1. The van der Waals surface area contributed by atoms with E-state index in [1.54, 1.807) is 23.5 Å². The fourth-order valence-corrected chi connectivity index (χ4v) is 2.83. The van der Waals surface area contributed by atoms with Crippen LogP contribution in [-0.4, -0.2) is 13.2 Å². The quantitative estimate of drug-likeness (QED) is 0.767. The van der Waals surface area contributed by atoms with Crippen molar-refractivity contribution in [2.24, 2.45) is 0 Å². The van der Waals surface area contributed by atoms with Gasteiger partial charge in [0, 0.05) is 6.04 Å². The Hall–Kier alpha value is -1.46. The Morgan fingerprint density at radius 3 is 2.52 bits per heavy atom. The third-order valence-electron chi connectivity index (χ3n) is 3.17. The Balaban J connectivity index is 2.08. The first-order valence-electron chi connectivity index (χ1n) is 6.98. The highest BCUT2D eigenvalue weighted by molar-refractivity contribution is 7.07. The summed E-state index contributed by atoms with van der Waals surface area (Å²) in [6.07, 6.45) is 1.94. The van der Waals surface area contributed by atoms with Crippen molar-refractivity contribution in [2.45, 2.75) is 32.4 Å². The van der Waals surface area contributed by atoms with Crippen LogP contribution in [0.3, 0.4) is 0 Å². The van der Waals surface area contributed by atoms with E-state index >= 15 is 0 Å². The van der Waals surface area contributed by atoms with E-state index in [2.05, 4.69) is 33.8 Å². The number of hydrogen-bond acceptors (Lipinski definition) is 3. The van der Waals surface area contributed by atoms with E-state index in [9.17, 15) is 8.78 Å². The second-order valence-corrected chi connectivity index (χ2v) is 5.57. The zero-order valence-electron chi connectivity index (χ0n) is 11.9. The topological polar surface area (TPSA) is 21.3 Å². The first kappa shape index (κ1) is 15.9. The van der Waals surface area contributed by atoms with Gasteiger partial charge in [0.05, 0.1) is 0 Å². The minimum atomic E-state index is -2.78. The maximum atomic E-state index is 12.2. The molecule has 2 nitrogen and oxygen atoms in total. The number of ether oxygens (including phenoxy) is 1. The summed E-state index contributed by atoms with van der Waals surface area (Å²) in [4.78, 5) is 0. The maximum absolute atomic E-state index is 12.2. The number of halogens is 2. The van der Waals surface area contributed by atoms with Crippen molar-refractivity contribution in [1.82, 2.24) is 5.32 Å². The molecule has 114 valence electrons. The summed E-state index contributed by atoms with van der Waals surface area (Å²) in [6, 6.07) is 9.17. The summed E-state index contributed by atoms with van der Waals surface area (Å²) in [5.41, 5.74) is 2.36. The molecule has 2 aromatic rings. The van der Waals surface area contributed by atoms with Crippen LogP contribution in [0.1, 0.15) is 30.5 Å². The van der Waals surface area contributed by atoms with Gasteiger partial charge in [0.25, 0.3) is 0 Å². The molecular weight excluding hydrogens is 292 g/mol. The van der Waals surface area contributed by atoms with Crippen molar-refractivity contribution in [3.8, 4) is 5.75 Å². The van der Waals surface area contributed by atoms with Gasteiger partial charge in [-0.15, -0.1) is 0 Å². The first-order chi connectivity index (χ1) is 10.2. The zero-order valence-corrected chi connectivity index (χ0v) is 12.7. The summed E-state index contributed by atoms with van der Waals surface area (Å²) in [6.45, 7) is 0.258. The molecule has 21 heavy (non-hydrogen) atoms. The van der Waals surface area contributed by atoms with Gasteiger partial charge in [0.1, 0.15) is 5.75 Å². The number of alkyl halides is 2. The third-order valence-corrected chi connectivity index (χ3v) is 3.90. The maximum Gasteiger partial charge on any atom is 0.387 e. The van der Waals surface area contributed by atoms with Gasteiger partial charge in [-0.2, -0.15) is 20.1 Å². The number of nitrogens with one attached hydrogen (secondary N) is 1. The van der Waals surface area contributed by atoms with E-state index in [4.69, 9.17) is 0 Å². The van der Waals surface area contributed by atoms with Crippen LogP contribution in [-0.2, 0) is 6.42 Å². The fraction of sp³-hybridized carbons (Fsp3) is 0.375. The highest BCUT2D eigenvalue weighted by atomic mass is 32.1. The van der Waals surface area contributed by atoms with Crippen LogP contribution in [0.5, 0.6) is 5.75 Å². The number of hydrogen-bond donors (Lipinski definition) is 1. The average Bonchev–Trinajstić information content (AvgIpc) is 2.97. The lowest BCUT2D eigenvalue weighted by atomic mass is 10.0. The average molecular weight is 311 g/mol. The van der Waals surface area contributed by atoms with Crippen LogP contribution in [0.25, 0.3) is 0 Å². The van der Waals surface area contributed by atoms with Crippen LogP contribution in [0.4, 0.5) is 8.78 Å². The summed E-state index contributed by atoms with van der Waals surface area (Å²) in [5, 5.41) is 7.70. The largest absolute Gasteiger partial charge is 0.435 e. The van der Waals surface area contributed by atoms with Crippen molar-refractivity contribution in [2.75, 3.05) is 6.54 Å². The normalized spacial score (nSPS) is 12.6. The second kappa shape index (κ2) is 8.10. The van der Waals surface area contributed by atoms with Gasteiger partial charge in [-0.05, 0) is 59.5 Å². The molecule has 0 aliphatic rings. The van der Waals surface area contributed by atoms with E-state index in [1.807, 2.05) is 12.1 Å². The van der Waals surface area contributed by atoms with Crippen LogP contribution >= 0.6 is 11.3 Å². The molecule has 0 aliphatic carbocycles. The molecule has 1 aromatic carbocycles. The summed E-state index contributed by atoms with van der Waals surface area (Å²) < 4.78 is 28.7. The first-order valence-corrected chi connectivity index (χ1v) is 7.92. The predicted molar refractivity (Wildman–Crippen MR) is 82.1 cm³/mol. The SMILES string of the molecule is CCCNC(Cc1ccsc1)c1ccc(OC(F)F)cc1. The highest BCUT2D eigenvalue weighted by Crippen LogP contribution is 2.23. The van der Waals surface area contributed by atoms with Gasteiger partial charge in [0.2, 0.25) is 0 Å². The molecule has 0 radical (unpaired) electrons. The van der Waals surface area contributed by atoms with Gasteiger partial charge in [-0.1, -0.05) is 19.1 Å². The van der Waals surface area contributed by atoms with Gasteiger partial charge in [-0.25, -0.2) is 0 Å². The molecular formula is C16H19F2NOS. The molecule has 2 rings (SSSR count). The Kier molecular flexibility index (Phi) is 6.14. The van der Waals surface area contributed by atoms with E-state index < -0.39 is 6.61 Å². The Morgan fingerprint density at radius 1 is 1.19 bits per heavy atom. The monoisotopic (exact) mass is 311 g/mol. The second-order valence-electron chi connectivity index (χ2n) is 4.79. The molecule has 5 heteroatoms. The summed E-state index contributed by atoms with van der Waals surface area (Å²) >= 11 is 1.68. The van der Waals surface area contributed by atoms with Crippen molar-refractivity contribution in [3.05, 3.63) is 52.2 Å². The molecule has 0 bridgehead atoms. The van der Waals surface area contributed by atoms with Gasteiger partial charge in [-0.3, -0.25) is 0 Å². The molecule has 1 heterocycles. The standard InChI is InChI=1S/C16H19F2NOS/c1-2-8-19-15(10-12-7-9-21-11-12)13-3-5-14(6-4-13)20-16(17)18/h3-7,9,11,15-16,19H,2,8,10H2,1H3. The molecule has 0 amide bonds. The van der Waals surface area contributed by atoms with Crippen LogP contribution < -0.4 is 10.1 Å². The number of rotatable bonds is 8. The Morgan fingerprint density at radius 2 is 1.95 bits per heavy atom. The minimum Gasteiger partial charge on any atom is -0.435 e. The predicted octanol–water partition coefficient (Wildman–Crippen LogP) is 4.63. The van der Waals surface area contributed by atoms with Crippen molar-refractivity contribution in [3.63, 3.8) is 0 Å². The lowest BCUT2D eigenvalue weighted by Gasteiger charge is -2.19. The summed E-state index contributed by atoms with van der Waals surface area (Å²) in [5.74, 6) is 0.193. The summed E-state index contributed by atoms with van der Waals surface area (Å²) in [7, 11) is 0. The smallest absolute Gasteiger partial charge is 0.387 e. The van der Waals surface area contributed by atoms with Crippen molar-refractivity contribution < 1.29 is 13.5 Å². The number of thiophene rings is 1. The molecule has 0 aliphatic heterocycles. The molecule has 1 atom stereocenters. The molecule has 0 spiro atoms. The van der Waals surface area contributed by atoms with Gasteiger partial charge in [0.15, 0.2) is 0 Å². The van der Waals surface area contributed by atoms with Gasteiger partial charge < -0.3 is 10.1 Å². The molecule has 1 N–H and O–H groups in total. The third kappa shape index (κ3) is 5.10. The van der Waals surface area contributed by atoms with Crippen LogP contribution in [0.2, 0.25) is 0 Å². The van der Waals surface area contributed by atoms with Crippen LogP contribution in [0, 0.1) is 0 Å². The highest BCUT2D eigenvalue weighted by Gasteiger charge is 2.12. The fourth-order valence-electron chi connectivity index (χ4n) is 2.15. The van der Waals surface area contributed by atoms with E-state index in [0.717, 1.165) is 24.9 Å². The molecule has 1 aromatic heterocycles. The molecule has 0 saturated heterocycles. The van der Waals surface area contributed by atoms with Crippen LogP contribution in [0.15, 0.2) is 41.1 Å². The Bertz CT molecular complexity index is 514. The van der Waals surface area contributed by atoms with Crippen molar-refractivity contribution >= 4 is 11.3 Å². The lowest BCUT2D eigenvalue weighted by Crippen LogP contribution is -2.23. The number of benzene rings is 1. The Labute approximate surface area is 127 Å². The van der Waals surface area contributed by atoms with Crippen molar-refractivity contribution in [1.29, 1.82) is 0 Å². The van der Waals surface area contributed by atoms with E-state index in [0.29, 0.717) is 0 Å². The molecule has 0 saturated carbocycles. The van der Waals surface area contributed by atoms with Gasteiger partial charge >= 0.3 is 6.61 Å². The van der Waals surface area contributed by atoms with E-state index in [-0.39, 0.29) is 11.8 Å². The lowest BCUT2D eigenvalue weighted by molar-refractivity contribution is -0.0498. The minimum absolute atomic E-state index is 0.181. The van der Waals surface area contributed by atoms with E-state index in [1.165, 1.54) is 5.56 Å². The molecule has 0 fully saturated rings. The molecule has 1 unspecified atom stereocenters.